The molecule has 0 spiro atoms. The summed E-state index contributed by atoms with van der Waals surface area (Å²) in [6.07, 6.45) is -1.73. The first-order valence-corrected chi connectivity index (χ1v) is 9.63. The number of pyridine rings is 1. The van der Waals surface area contributed by atoms with Crippen molar-refractivity contribution in [3.8, 4) is 0 Å². The second kappa shape index (κ2) is 6.96. The maximum absolute atomic E-state index is 13.1. The largest absolute Gasteiger partial charge is 0.416 e. The lowest BCUT2D eigenvalue weighted by atomic mass is 10.1. The fourth-order valence-electron chi connectivity index (χ4n) is 2.75. The summed E-state index contributed by atoms with van der Waals surface area (Å²) < 4.78 is 66.5. The van der Waals surface area contributed by atoms with E-state index in [1.807, 2.05) is 4.90 Å². The molecule has 0 bridgehead atoms. The van der Waals surface area contributed by atoms with Gasteiger partial charge in [0, 0.05) is 19.3 Å². The van der Waals surface area contributed by atoms with Crippen LogP contribution >= 0.6 is 11.6 Å². The SMILES string of the molecule is O=S(=O)(Nc1cc(C(F)(F)F)ccc1N1CCCC1)c1ccc(Cl)nc1. The maximum Gasteiger partial charge on any atom is 0.416 e. The number of alkyl halides is 3. The molecule has 1 fully saturated rings. The van der Waals surface area contributed by atoms with Crippen molar-refractivity contribution >= 4 is 33.0 Å². The van der Waals surface area contributed by atoms with Crippen molar-refractivity contribution in [2.45, 2.75) is 23.9 Å². The molecule has 2 aromatic rings. The van der Waals surface area contributed by atoms with E-state index < -0.39 is 21.8 Å². The topological polar surface area (TPSA) is 62.3 Å². The predicted octanol–water partition coefficient (Wildman–Crippen LogP) is 4.15. The van der Waals surface area contributed by atoms with Crippen LogP contribution in [0.2, 0.25) is 5.15 Å². The summed E-state index contributed by atoms with van der Waals surface area (Å²) in [4.78, 5) is 5.37. The van der Waals surface area contributed by atoms with Gasteiger partial charge < -0.3 is 4.90 Å². The van der Waals surface area contributed by atoms with Crippen LogP contribution in [0.25, 0.3) is 0 Å². The molecule has 1 N–H and O–H groups in total. The molecular weight excluding hydrogens is 391 g/mol. The number of aromatic nitrogens is 1. The molecule has 0 unspecified atom stereocenters. The predicted molar refractivity (Wildman–Crippen MR) is 92.9 cm³/mol. The summed E-state index contributed by atoms with van der Waals surface area (Å²) in [5, 5.41) is 0.112. The van der Waals surface area contributed by atoms with Gasteiger partial charge in [0.1, 0.15) is 10.0 Å². The number of anilines is 2. The number of nitrogens with one attached hydrogen (secondary N) is 1. The van der Waals surface area contributed by atoms with Crippen molar-refractivity contribution in [1.82, 2.24) is 4.98 Å². The smallest absolute Gasteiger partial charge is 0.370 e. The van der Waals surface area contributed by atoms with Crippen LogP contribution in [0.15, 0.2) is 41.4 Å². The van der Waals surface area contributed by atoms with E-state index in [1.54, 1.807) is 0 Å². The van der Waals surface area contributed by atoms with Crippen LogP contribution in [0.4, 0.5) is 24.5 Å². The Hall–Kier alpha value is -2.00. The van der Waals surface area contributed by atoms with Crippen molar-refractivity contribution in [3.05, 3.63) is 47.2 Å². The van der Waals surface area contributed by atoms with Crippen LogP contribution in [0.1, 0.15) is 18.4 Å². The van der Waals surface area contributed by atoms with Gasteiger partial charge in [0.25, 0.3) is 10.0 Å². The van der Waals surface area contributed by atoms with Crippen molar-refractivity contribution in [2.24, 2.45) is 0 Å². The standard InChI is InChI=1S/C16H15ClF3N3O2S/c17-15-6-4-12(10-21-15)26(24,25)22-13-9-11(16(18,19)20)3-5-14(13)23-7-1-2-8-23/h3-6,9-10,22H,1-2,7-8H2. The number of rotatable bonds is 4. The van der Waals surface area contributed by atoms with Crippen molar-refractivity contribution in [2.75, 3.05) is 22.7 Å². The molecule has 1 aromatic heterocycles. The van der Waals surface area contributed by atoms with E-state index >= 15 is 0 Å². The van der Waals surface area contributed by atoms with E-state index in [0.717, 1.165) is 31.2 Å². The first-order valence-electron chi connectivity index (χ1n) is 7.77. The van der Waals surface area contributed by atoms with E-state index in [2.05, 4.69) is 9.71 Å². The highest BCUT2D eigenvalue weighted by Gasteiger charge is 2.32. The average Bonchev–Trinajstić information content (AvgIpc) is 3.08. The number of benzene rings is 1. The Bertz CT molecular complexity index is 896. The lowest BCUT2D eigenvalue weighted by Gasteiger charge is -2.23. The minimum Gasteiger partial charge on any atom is -0.370 e. The minimum absolute atomic E-state index is 0.112. The molecule has 5 nitrogen and oxygen atoms in total. The normalized spacial score (nSPS) is 15.3. The van der Waals surface area contributed by atoms with Crippen LogP contribution in [0.3, 0.4) is 0 Å². The average molecular weight is 406 g/mol. The first kappa shape index (κ1) is 18.8. The minimum atomic E-state index is -4.58. The summed E-state index contributed by atoms with van der Waals surface area (Å²) in [5.41, 5.74) is -0.620. The second-order valence-corrected chi connectivity index (χ2v) is 7.92. The number of sulfonamides is 1. The van der Waals surface area contributed by atoms with Gasteiger partial charge in [0.15, 0.2) is 0 Å². The van der Waals surface area contributed by atoms with Gasteiger partial charge in [0.2, 0.25) is 0 Å². The van der Waals surface area contributed by atoms with E-state index in [-0.39, 0.29) is 15.7 Å². The Labute approximate surface area is 153 Å². The third-order valence-corrected chi connectivity index (χ3v) is 5.60. The molecule has 0 saturated carbocycles. The molecule has 3 rings (SSSR count). The zero-order valence-corrected chi connectivity index (χ0v) is 15.0. The molecule has 1 saturated heterocycles. The van der Waals surface area contributed by atoms with E-state index in [9.17, 15) is 21.6 Å². The van der Waals surface area contributed by atoms with Crippen LogP contribution in [-0.4, -0.2) is 26.5 Å². The lowest BCUT2D eigenvalue weighted by Crippen LogP contribution is -2.22. The highest BCUT2D eigenvalue weighted by Crippen LogP contribution is 2.37. The Morgan fingerprint density at radius 3 is 2.38 bits per heavy atom. The van der Waals surface area contributed by atoms with Crippen LogP contribution in [0.5, 0.6) is 0 Å². The van der Waals surface area contributed by atoms with Crippen LogP contribution < -0.4 is 9.62 Å². The number of hydrogen-bond donors (Lipinski definition) is 1. The van der Waals surface area contributed by atoms with Gasteiger partial charge in [-0.25, -0.2) is 13.4 Å². The van der Waals surface area contributed by atoms with Crippen LogP contribution in [-0.2, 0) is 16.2 Å². The van der Waals surface area contributed by atoms with Gasteiger partial charge in [-0.15, -0.1) is 0 Å². The molecule has 0 radical (unpaired) electrons. The van der Waals surface area contributed by atoms with Gasteiger partial charge in [0.05, 0.1) is 16.9 Å². The molecule has 0 atom stereocenters. The monoisotopic (exact) mass is 405 g/mol. The Balaban J connectivity index is 2.01. The second-order valence-electron chi connectivity index (χ2n) is 5.85. The molecule has 1 aliphatic heterocycles. The van der Waals surface area contributed by atoms with Crippen molar-refractivity contribution < 1.29 is 21.6 Å². The summed E-state index contributed by atoms with van der Waals surface area (Å²) in [5.74, 6) is 0. The molecule has 0 amide bonds. The van der Waals surface area contributed by atoms with E-state index in [1.165, 1.54) is 18.2 Å². The summed E-state index contributed by atoms with van der Waals surface area (Å²) in [6.45, 7) is 1.31. The van der Waals surface area contributed by atoms with Crippen molar-refractivity contribution in [1.29, 1.82) is 0 Å². The summed E-state index contributed by atoms with van der Waals surface area (Å²) in [6, 6.07) is 5.60. The lowest BCUT2D eigenvalue weighted by molar-refractivity contribution is -0.137. The van der Waals surface area contributed by atoms with Crippen LogP contribution in [0, 0.1) is 0 Å². The molecule has 26 heavy (non-hydrogen) atoms. The Morgan fingerprint density at radius 2 is 1.81 bits per heavy atom. The number of hydrogen-bond acceptors (Lipinski definition) is 4. The third-order valence-electron chi connectivity index (χ3n) is 4.03. The van der Waals surface area contributed by atoms with E-state index in [0.29, 0.717) is 18.8 Å². The molecule has 10 heteroatoms. The highest BCUT2D eigenvalue weighted by molar-refractivity contribution is 7.92. The number of nitrogens with zero attached hydrogens (tertiary/aromatic N) is 2. The van der Waals surface area contributed by atoms with Gasteiger partial charge in [-0.05, 0) is 43.2 Å². The highest BCUT2D eigenvalue weighted by atomic mass is 35.5. The van der Waals surface area contributed by atoms with Crippen molar-refractivity contribution in [3.63, 3.8) is 0 Å². The molecule has 2 heterocycles. The van der Waals surface area contributed by atoms with Gasteiger partial charge in [-0.3, -0.25) is 4.72 Å². The fourth-order valence-corrected chi connectivity index (χ4v) is 3.87. The molecular formula is C16H15ClF3N3O2S. The molecule has 1 aliphatic rings. The van der Waals surface area contributed by atoms with Gasteiger partial charge in [-0.1, -0.05) is 11.6 Å². The molecule has 140 valence electrons. The maximum atomic E-state index is 13.1. The quantitative estimate of drug-likeness (QED) is 0.776. The van der Waals surface area contributed by atoms with E-state index in [4.69, 9.17) is 11.6 Å². The van der Waals surface area contributed by atoms with Gasteiger partial charge in [-0.2, -0.15) is 13.2 Å². The molecule has 0 aliphatic carbocycles. The first-order chi connectivity index (χ1) is 12.2. The summed E-state index contributed by atoms with van der Waals surface area (Å²) in [7, 11) is -4.11. The third kappa shape index (κ3) is 4.04. The Kier molecular flexibility index (Phi) is 5.03. The van der Waals surface area contributed by atoms with Gasteiger partial charge >= 0.3 is 6.18 Å². The Morgan fingerprint density at radius 1 is 1.12 bits per heavy atom. The fraction of sp³-hybridized carbons (Fsp3) is 0.312. The molecule has 1 aromatic carbocycles. The number of halogens is 4. The zero-order valence-electron chi connectivity index (χ0n) is 13.4. The summed E-state index contributed by atoms with van der Waals surface area (Å²) >= 11 is 5.65. The zero-order chi connectivity index (χ0) is 18.9.